The summed E-state index contributed by atoms with van der Waals surface area (Å²) in [6.07, 6.45) is -4.05. The second-order valence-electron chi connectivity index (χ2n) is 5.40. The Morgan fingerprint density at radius 1 is 1.50 bits per heavy atom. The number of amides is 2. The average Bonchev–Trinajstić information content (AvgIpc) is 2.63. The Labute approximate surface area is 123 Å². The molecule has 0 aromatic carbocycles. The fourth-order valence-corrected chi connectivity index (χ4v) is 2.92. The second-order valence-corrected chi connectivity index (χ2v) is 6.89. The third-order valence-electron chi connectivity index (χ3n) is 3.73. The fourth-order valence-electron chi connectivity index (χ4n) is 2.21. The molecule has 2 atom stereocenters. The van der Waals surface area contributed by atoms with Gasteiger partial charge in [0.1, 0.15) is 16.9 Å². The van der Waals surface area contributed by atoms with Gasteiger partial charge in [0.05, 0.1) is 5.41 Å². The van der Waals surface area contributed by atoms with E-state index in [2.05, 4.69) is 5.32 Å². The minimum absolute atomic E-state index is 0.0348. The van der Waals surface area contributed by atoms with Gasteiger partial charge in [-0.3, -0.25) is 9.59 Å². The number of hydrogen-bond acceptors (Lipinski definition) is 2. The van der Waals surface area contributed by atoms with Crippen molar-refractivity contribution in [2.75, 3.05) is 13.1 Å². The molecule has 0 spiro atoms. The molecule has 1 aliphatic carbocycles. The zero-order chi connectivity index (χ0) is 15.3. The van der Waals surface area contributed by atoms with Crippen LogP contribution in [0.15, 0.2) is 0 Å². The molecular weight excluding hydrogens is 320 g/mol. The topological polar surface area (TPSA) is 49.4 Å². The van der Waals surface area contributed by atoms with Crippen molar-refractivity contribution >= 4 is 35.0 Å². The van der Waals surface area contributed by atoms with E-state index < -0.39 is 40.3 Å². The van der Waals surface area contributed by atoms with Crippen LogP contribution >= 0.6 is 23.2 Å². The van der Waals surface area contributed by atoms with Crippen LogP contribution < -0.4 is 5.32 Å². The van der Waals surface area contributed by atoms with Gasteiger partial charge >= 0.3 is 6.18 Å². The van der Waals surface area contributed by atoms with Gasteiger partial charge < -0.3 is 10.2 Å². The zero-order valence-electron chi connectivity index (χ0n) is 10.6. The predicted octanol–water partition coefficient (Wildman–Crippen LogP) is 1.85. The van der Waals surface area contributed by atoms with Crippen LogP contribution in [0, 0.1) is 5.41 Å². The molecule has 1 heterocycles. The molecule has 0 unspecified atom stereocenters. The third-order valence-corrected chi connectivity index (χ3v) is 4.83. The molecule has 0 radical (unpaired) electrons. The average molecular weight is 333 g/mol. The molecular formula is C11H13Cl2F3N2O2. The molecule has 2 amide bonds. The Bertz CT molecular complexity index is 455. The van der Waals surface area contributed by atoms with Crippen LogP contribution in [-0.2, 0) is 9.59 Å². The summed E-state index contributed by atoms with van der Waals surface area (Å²) in [5.41, 5.74) is -0.992. The molecule has 114 valence electrons. The standard InChI is InChI=1S/C11H13Cl2F3N2O2/c1-9(4-10(9,12)13)8(20)17-6-2-3-18(7(6)19)5-11(14,15)16/h6H,2-5H2,1H3,(H,17,20)/t6-,9-/m0/s1. The van der Waals surface area contributed by atoms with E-state index >= 15 is 0 Å². The van der Waals surface area contributed by atoms with Crippen molar-refractivity contribution in [3.63, 3.8) is 0 Å². The molecule has 2 fully saturated rings. The summed E-state index contributed by atoms with van der Waals surface area (Å²) in [5.74, 6) is -1.23. The SMILES string of the molecule is C[C@@]1(C(=O)N[C@H]2CCN(CC(F)(F)F)C2=O)CC1(Cl)Cl. The molecule has 20 heavy (non-hydrogen) atoms. The first-order valence-electron chi connectivity index (χ1n) is 6.01. The zero-order valence-corrected chi connectivity index (χ0v) is 12.1. The lowest BCUT2D eigenvalue weighted by Crippen LogP contribution is -2.46. The molecule has 0 aromatic rings. The number of halogens is 5. The van der Waals surface area contributed by atoms with E-state index in [1.165, 1.54) is 0 Å². The molecule has 0 aromatic heterocycles. The molecule has 2 aliphatic rings. The van der Waals surface area contributed by atoms with Gasteiger partial charge in [0, 0.05) is 6.54 Å². The highest BCUT2D eigenvalue weighted by Crippen LogP contribution is 2.63. The Morgan fingerprint density at radius 2 is 2.05 bits per heavy atom. The first-order valence-corrected chi connectivity index (χ1v) is 6.76. The van der Waals surface area contributed by atoms with Crippen LogP contribution in [0.2, 0.25) is 0 Å². The monoisotopic (exact) mass is 332 g/mol. The van der Waals surface area contributed by atoms with Gasteiger partial charge in [-0.1, -0.05) is 0 Å². The molecule has 1 aliphatic heterocycles. The maximum absolute atomic E-state index is 12.3. The molecule has 1 saturated carbocycles. The lowest BCUT2D eigenvalue weighted by Gasteiger charge is -2.20. The van der Waals surface area contributed by atoms with Crippen molar-refractivity contribution in [1.82, 2.24) is 10.2 Å². The first kappa shape index (κ1) is 15.7. The van der Waals surface area contributed by atoms with E-state index in [9.17, 15) is 22.8 Å². The molecule has 4 nitrogen and oxygen atoms in total. The highest BCUT2D eigenvalue weighted by Gasteiger charge is 2.68. The van der Waals surface area contributed by atoms with E-state index in [1.54, 1.807) is 6.92 Å². The lowest BCUT2D eigenvalue weighted by molar-refractivity contribution is -0.158. The molecule has 2 rings (SSSR count). The van der Waals surface area contributed by atoms with Gasteiger partial charge in [-0.05, 0) is 19.8 Å². The van der Waals surface area contributed by atoms with Gasteiger partial charge in [0.25, 0.3) is 0 Å². The van der Waals surface area contributed by atoms with Gasteiger partial charge in [-0.25, -0.2) is 0 Å². The van der Waals surface area contributed by atoms with Crippen LogP contribution in [0.1, 0.15) is 19.8 Å². The normalized spacial score (nSPS) is 32.4. The van der Waals surface area contributed by atoms with E-state index in [4.69, 9.17) is 23.2 Å². The summed E-state index contributed by atoms with van der Waals surface area (Å²) in [4.78, 5) is 24.4. The number of nitrogens with one attached hydrogen (secondary N) is 1. The lowest BCUT2D eigenvalue weighted by atomic mass is 10.1. The summed E-state index contributed by atoms with van der Waals surface area (Å²) in [6.45, 7) is 0.215. The fraction of sp³-hybridized carbons (Fsp3) is 0.818. The van der Waals surface area contributed by atoms with E-state index in [0.717, 1.165) is 0 Å². The Kier molecular flexibility index (Phi) is 3.66. The summed E-state index contributed by atoms with van der Waals surface area (Å²) in [5, 5.41) is 2.44. The maximum Gasteiger partial charge on any atom is 0.406 e. The Morgan fingerprint density at radius 3 is 2.50 bits per heavy atom. The Hall–Kier alpha value is -0.690. The van der Waals surface area contributed by atoms with Gasteiger partial charge in [0.15, 0.2) is 0 Å². The van der Waals surface area contributed by atoms with Crippen LogP contribution in [0.5, 0.6) is 0 Å². The molecule has 1 N–H and O–H groups in total. The number of likely N-dealkylation sites (tertiary alicyclic amines) is 1. The number of nitrogens with zero attached hydrogens (tertiary/aromatic N) is 1. The van der Waals surface area contributed by atoms with Crippen molar-refractivity contribution in [1.29, 1.82) is 0 Å². The van der Waals surface area contributed by atoms with Crippen LogP contribution in [0.25, 0.3) is 0 Å². The van der Waals surface area contributed by atoms with E-state index in [-0.39, 0.29) is 19.4 Å². The first-order chi connectivity index (χ1) is 8.96. The van der Waals surface area contributed by atoms with Crippen LogP contribution in [-0.4, -0.2) is 46.4 Å². The number of rotatable bonds is 3. The molecule has 9 heteroatoms. The molecule has 1 saturated heterocycles. The van der Waals surface area contributed by atoms with E-state index in [0.29, 0.717) is 4.90 Å². The minimum atomic E-state index is -4.45. The van der Waals surface area contributed by atoms with Gasteiger partial charge in [0.2, 0.25) is 11.8 Å². The maximum atomic E-state index is 12.3. The minimum Gasteiger partial charge on any atom is -0.344 e. The third kappa shape index (κ3) is 2.83. The highest BCUT2D eigenvalue weighted by molar-refractivity contribution is 6.53. The largest absolute Gasteiger partial charge is 0.406 e. The number of alkyl halides is 5. The van der Waals surface area contributed by atoms with Crippen LogP contribution in [0.3, 0.4) is 0 Å². The van der Waals surface area contributed by atoms with Crippen molar-refractivity contribution in [2.45, 2.75) is 36.3 Å². The van der Waals surface area contributed by atoms with Crippen molar-refractivity contribution in [3.05, 3.63) is 0 Å². The number of hydrogen-bond donors (Lipinski definition) is 1. The smallest absolute Gasteiger partial charge is 0.344 e. The molecule has 0 bridgehead atoms. The number of carbonyl (C=O) groups is 2. The van der Waals surface area contributed by atoms with Crippen molar-refractivity contribution in [3.8, 4) is 0 Å². The van der Waals surface area contributed by atoms with Crippen LogP contribution in [0.4, 0.5) is 13.2 Å². The summed E-state index contributed by atoms with van der Waals surface area (Å²) < 4.78 is 35.6. The summed E-state index contributed by atoms with van der Waals surface area (Å²) >= 11 is 11.7. The highest BCUT2D eigenvalue weighted by atomic mass is 35.5. The number of carbonyl (C=O) groups excluding carboxylic acids is 2. The Balaban J connectivity index is 1.93. The van der Waals surface area contributed by atoms with E-state index in [1.807, 2.05) is 0 Å². The van der Waals surface area contributed by atoms with Crippen molar-refractivity contribution in [2.24, 2.45) is 5.41 Å². The van der Waals surface area contributed by atoms with Gasteiger partial charge in [-0.2, -0.15) is 13.2 Å². The predicted molar refractivity (Wildman–Crippen MR) is 66.3 cm³/mol. The van der Waals surface area contributed by atoms with Gasteiger partial charge in [-0.15, -0.1) is 23.2 Å². The quantitative estimate of drug-likeness (QED) is 0.802. The van der Waals surface area contributed by atoms with Crippen molar-refractivity contribution < 1.29 is 22.8 Å². The summed E-state index contributed by atoms with van der Waals surface area (Å²) in [7, 11) is 0. The summed E-state index contributed by atoms with van der Waals surface area (Å²) in [6, 6.07) is -0.939. The second kappa shape index (κ2) is 4.66.